The maximum absolute atomic E-state index is 12.5. The van der Waals surface area contributed by atoms with E-state index in [9.17, 15) is 4.79 Å². The van der Waals surface area contributed by atoms with Crippen LogP contribution in [0.3, 0.4) is 0 Å². The van der Waals surface area contributed by atoms with E-state index in [0.717, 1.165) is 13.0 Å². The number of carbonyl (C=O) groups is 1. The molecule has 4 heteroatoms. The van der Waals surface area contributed by atoms with Crippen LogP contribution >= 0.6 is 0 Å². The molecule has 1 saturated carbocycles. The van der Waals surface area contributed by atoms with Crippen molar-refractivity contribution in [2.24, 2.45) is 5.92 Å². The van der Waals surface area contributed by atoms with Crippen molar-refractivity contribution in [3.05, 3.63) is 18.0 Å². The number of hydrogen-bond acceptors (Lipinski definition) is 2. The van der Waals surface area contributed by atoms with Crippen LogP contribution in [-0.4, -0.2) is 16.5 Å². The summed E-state index contributed by atoms with van der Waals surface area (Å²) in [7, 11) is 0. The van der Waals surface area contributed by atoms with Crippen LogP contribution in [-0.2, 0) is 6.54 Å². The van der Waals surface area contributed by atoms with Crippen molar-refractivity contribution in [3.63, 3.8) is 0 Å². The molecule has 4 nitrogen and oxygen atoms in total. The summed E-state index contributed by atoms with van der Waals surface area (Å²) < 4.78 is 1.91. The van der Waals surface area contributed by atoms with Gasteiger partial charge in [0.1, 0.15) is 5.69 Å². The van der Waals surface area contributed by atoms with E-state index < -0.39 is 0 Å². The van der Waals surface area contributed by atoms with Crippen LogP contribution in [0, 0.1) is 5.92 Å². The predicted molar refractivity (Wildman–Crippen MR) is 82.6 cm³/mol. The number of amides is 1. The number of hydrogen-bond donors (Lipinski definition) is 2. The van der Waals surface area contributed by atoms with Gasteiger partial charge in [-0.25, -0.2) is 0 Å². The Balaban J connectivity index is 2.04. The van der Waals surface area contributed by atoms with Crippen molar-refractivity contribution < 1.29 is 4.79 Å². The first-order valence-electron chi connectivity index (χ1n) is 7.92. The second-order valence-electron chi connectivity index (χ2n) is 5.83. The lowest BCUT2D eigenvalue weighted by Gasteiger charge is -2.30. The number of nitrogens with two attached hydrogens (primary N) is 1. The summed E-state index contributed by atoms with van der Waals surface area (Å²) in [4.78, 5) is 12.5. The van der Waals surface area contributed by atoms with Gasteiger partial charge in [0, 0.05) is 18.8 Å². The number of carbonyl (C=O) groups excluding carboxylic acids is 1. The topological polar surface area (TPSA) is 60.1 Å². The number of nitrogens with one attached hydrogen (secondary N) is 1. The maximum atomic E-state index is 12.5. The zero-order chi connectivity index (χ0) is 14.5. The Hall–Kier alpha value is -1.45. The molecule has 3 N–H and O–H groups in total. The van der Waals surface area contributed by atoms with Crippen molar-refractivity contribution in [1.82, 2.24) is 9.88 Å². The number of aromatic nitrogens is 1. The molecule has 1 aromatic heterocycles. The van der Waals surface area contributed by atoms with E-state index in [2.05, 4.69) is 12.2 Å². The van der Waals surface area contributed by atoms with Crippen LogP contribution in [0.1, 0.15) is 62.9 Å². The Kier molecular flexibility index (Phi) is 5.10. The molecule has 0 aromatic carbocycles. The second kappa shape index (κ2) is 6.82. The largest absolute Gasteiger partial charge is 0.397 e. The van der Waals surface area contributed by atoms with E-state index in [0.29, 0.717) is 23.3 Å². The zero-order valence-electron chi connectivity index (χ0n) is 12.7. The summed E-state index contributed by atoms with van der Waals surface area (Å²) in [6.45, 7) is 4.95. The van der Waals surface area contributed by atoms with Crippen molar-refractivity contribution >= 4 is 11.6 Å². The minimum atomic E-state index is 0.0148. The molecule has 1 fully saturated rings. The molecule has 0 aliphatic heterocycles. The molecule has 1 aromatic rings. The van der Waals surface area contributed by atoms with Crippen molar-refractivity contribution in [2.75, 3.05) is 5.73 Å². The monoisotopic (exact) mass is 277 g/mol. The van der Waals surface area contributed by atoms with E-state index in [-0.39, 0.29) is 5.91 Å². The highest BCUT2D eigenvalue weighted by Gasteiger charge is 2.25. The van der Waals surface area contributed by atoms with Gasteiger partial charge in [-0.3, -0.25) is 4.79 Å². The Morgan fingerprint density at radius 2 is 2.10 bits per heavy atom. The quantitative estimate of drug-likeness (QED) is 0.868. The van der Waals surface area contributed by atoms with Crippen LogP contribution in [0.2, 0.25) is 0 Å². The van der Waals surface area contributed by atoms with Gasteiger partial charge in [-0.05, 0) is 38.2 Å². The first-order valence-corrected chi connectivity index (χ1v) is 7.92. The van der Waals surface area contributed by atoms with Gasteiger partial charge < -0.3 is 15.6 Å². The Bertz CT molecular complexity index is 447. The predicted octanol–water partition coefficient (Wildman–Crippen LogP) is 3.18. The molecule has 0 spiro atoms. The molecule has 0 bridgehead atoms. The van der Waals surface area contributed by atoms with Gasteiger partial charge in [-0.2, -0.15) is 0 Å². The van der Waals surface area contributed by atoms with Crippen LogP contribution in [0.15, 0.2) is 12.3 Å². The van der Waals surface area contributed by atoms with Crippen molar-refractivity contribution in [3.8, 4) is 0 Å². The number of aryl methyl sites for hydroxylation is 1. The smallest absolute Gasteiger partial charge is 0.268 e. The third kappa shape index (κ3) is 3.35. The van der Waals surface area contributed by atoms with Gasteiger partial charge in [0.15, 0.2) is 0 Å². The number of rotatable bonds is 5. The molecule has 1 aliphatic rings. The Labute approximate surface area is 121 Å². The molecular formula is C16H27N3O. The minimum Gasteiger partial charge on any atom is -0.397 e. The van der Waals surface area contributed by atoms with Crippen LogP contribution in [0.25, 0.3) is 0 Å². The third-order valence-electron chi connectivity index (χ3n) is 4.47. The average molecular weight is 277 g/mol. The maximum Gasteiger partial charge on any atom is 0.268 e. The molecule has 112 valence electrons. The van der Waals surface area contributed by atoms with Gasteiger partial charge in [-0.1, -0.05) is 26.2 Å². The normalized spacial score (nSPS) is 17.9. The van der Waals surface area contributed by atoms with E-state index >= 15 is 0 Å². The summed E-state index contributed by atoms with van der Waals surface area (Å²) in [6, 6.07) is 2.07. The fourth-order valence-electron chi connectivity index (χ4n) is 3.32. The SMILES string of the molecule is CCC(NC(=O)c1cc(N)cn1CC)C1CCCCC1. The molecule has 2 rings (SSSR count). The average Bonchev–Trinajstić information content (AvgIpc) is 2.86. The van der Waals surface area contributed by atoms with E-state index in [4.69, 9.17) is 5.73 Å². The molecule has 1 atom stereocenters. The summed E-state index contributed by atoms with van der Waals surface area (Å²) in [6.07, 6.45) is 9.27. The molecule has 0 saturated heterocycles. The van der Waals surface area contributed by atoms with E-state index in [1.165, 1.54) is 32.1 Å². The molecule has 20 heavy (non-hydrogen) atoms. The van der Waals surface area contributed by atoms with Crippen molar-refractivity contribution in [2.45, 2.75) is 65.0 Å². The van der Waals surface area contributed by atoms with Crippen LogP contribution in [0.5, 0.6) is 0 Å². The molecular weight excluding hydrogens is 250 g/mol. The summed E-state index contributed by atoms with van der Waals surface area (Å²) >= 11 is 0. The van der Waals surface area contributed by atoms with Crippen LogP contribution in [0.4, 0.5) is 5.69 Å². The van der Waals surface area contributed by atoms with Crippen LogP contribution < -0.4 is 11.1 Å². The first kappa shape index (κ1) is 14.9. The van der Waals surface area contributed by atoms with Gasteiger partial charge in [-0.15, -0.1) is 0 Å². The first-order chi connectivity index (χ1) is 9.65. The highest BCUT2D eigenvalue weighted by atomic mass is 16.2. The van der Waals surface area contributed by atoms with E-state index in [1.807, 2.05) is 17.7 Å². The van der Waals surface area contributed by atoms with Gasteiger partial charge in [0.2, 0.25) is 0 Å². The summed E-state index contributed by atoms with van der Waals surface area (Å²) in [5.41, 5.74) is 7.13. The second-order valence-corrected chi connectivity index (χ2v) is 5.83. The fourth-order valence-corrected chi connectivity index (χ4v) is 3.32. The molecule has 1 aliphatic carbocycles. The fraction of sp³-hybridized carbons (Fsp3) is 0.688. The lowest BCUT2D eigenvalue weighted by molar-refractivity contribution is 0.0902. The van der Waals surface area contributed by atoms with Gasteiger partial charge in [0.25, 0.3) is 5.91 Å². The third-order valence-corrected chi connectivity index (χ3v) is 4.47. The molecule has 1 unspecified atom stereocenters. The van der Waals surface area contributed by atoms with E-state index in [1.54, 1.807) is 6.07 Å². The van der Waals surface area contributed by atoms with Gasteiger partial charge >= 0.3 is 0 Å². The molecule has 1 amide bonds. The molecule has 1 heterocycles. The zero-order valence-corrected chi connectivity index (χ0v) is 12.7. The standard InChI is InChI=1S/C16H27N3O/c1-3-14(12-8-6-5-7-9-12)18-16(20)15-10-13(17)11-19(15)4-2/h10-12,14H,3-9,17H2,1-2H3,(H,18,20). The summed E-state index contributed by atoms with van der Waals surface area (Å²) in [5, 5.41) is 3.23. The number of anilines is 1. The number of nitrogens with zero attached hydrogens (tertiary/aromatic N) is 1. The highest BCUT2D eigenvalue weighted by Crippen LogP contribution is 2.28. The van der Waals surface area contributed by atoms with Crippen molar-refractivity contribution in [1.29, 1.82) is 0 Å². The highest BCUT2D eigenvalue weighted by molar-refractivity contribution is 5.94. The van der Waals surface area contributed by atoms with Gasteiger partial charge in [0.05, 0.1) is 5.69 Å². The lowest BCUT2D eigenvalue weighted by atomic mass is 9.83. The lowest BCUT2D eigenvalue weighted by Crippen LogP contribution is -2.41. The Morgan fingerprint density at radius 1 is 1.40 bits per heavy atom. The Morgan fingerprint density at radius 3 is 2.70 bits per heavy atom. The molecule has 0 radical (unpaired) electrons. The number of nitrogen functional groups attached to an aromatic ring is 1. The summed E-state index contributed by atoms with van der Waals surface area (Å²) in [5.74, 6) is 0.654. The minimum absolute atomic E-state index is 0.0148.